The number of unbranched alkanes of at least 4 members (excludes halogenated alkanes) is 1. The van der Waals surface area contributed by atoms with E-state index in [0.29, 0.717) is 40.3 Å². The van der Waals surface area contributed by atoms with Gasteiger partial charge in [-0.15, -0.1) is 0 Å². The second-order valence-electron chi connectivity index (χ2n) is 14.9. The van der Waals surface area contributed by atoms with Crippen LogP contribution in [0.5, 0.6) is 11.5 Å². The molecule has 14 heteroatoms. The second-order valence-corrected chi connectivity index (χ2v) is 14.9. The Morgan fingerprint density at radius 2 is 1.63 bits per heavy atom. The zero-order valence-electron chi connectivity index (χ0n) is 33.3. The Balaban J connectivity index is 1.25. The number of carbonyl (C=O) groups is 3. The summed E-state index contributed by atoms with van der Waals surface area (Å²) in [6.07, 6.45) is 7.17. The molecule has 2 atom stereocenters. The van der Waals surface area contributed by atoms with E-state index in [-0.39, 0.29) is 23.5 Å². The van der Waals surface area contributed by atoms with Gasteiger partial charge in [0.1, 0.15) is 11.5 Å². The number of hydrogen-bond donors (Lipinski definition) is 2. The van der Waals surface area contributed by atoms with Gasteiger partial charge in [0.15, 0.2) is 11.9 Å². The fourth-order valence-corrected chi connectivity index (χ4v) is 7.39. The number of aryl methyl sites for hydroxylation is 2. The van der Waals surface area contributed by atoms with Crippen LogP contribution in [0.3, 0.4) is 0 Å². The Hall–Kier alpha value is -6.83. The van der Waals surface area contributed by atoms with Crippen LogP contribution in [-0.4, -0.2) is 54.1 Å². The number of carbonyl (C=O) groups excluding carboxylic acids is 3. The van der Waals surface area contributed by atoms with Gasteiger partial charge in [0.05, 0.1) is 40.2 Å². The first-order valence-corrected chi connectivity index (χ1v) is 20.0. The van der Waals surface area contributed by atoms with Crippen LogP contribution in [-0.2, 0) is 9.59 Å². The number of ketones is 1. The predicted octanol–water partition coefficient (Wildman–Crippen LogP) is 9.10. The van der Waals surface area contributed by atoms with Crippen molar-refractivity contribution >= 4 is 45.8 Å². The summed E-state index contributed by atoms with van der Waals surface area (Å²) in [5.41, 5.74) is 4.30. The molecule has 2 N–H and O–H groups in total. The molecule has 1 aliphatic carbocycles. The number of nitro groups is 1. The summed E-state index contributed by atoms with van der Waals surface area (Å²) < 4.78 is 15.4. The maximum Gasteiger partial charge on any atom is 0.389 e. The van der Waals surface area contributed by atoms with Crippen molar-refractivity contribution in [3.8, 4) is 17.2 Å². The van der Waals surface area contributed by atoms with Gasteiger partial charge in [-0.3, -0.25) is 19.0 Å². The van der Waals surface area contributed by atoms with E-state index in [9.17, 15) is 24.5 Å². The topological polar surface area (TPSA) is 173 Å². The van der Waals surface area contributed by atoms with E-state index < -0.39 is 34.6 Å². The SMILES string of the molecule is CCCCC(Oc1ccc(C)cc1C)C(=O)Nc1ccc(OC2CCCCC2)c(NC(=O)C(C(=O)c2nc3ccccc3n2-c2ccccc2)n2ccc([N+](=O)[O-])n2)c1. The summed E-state index contributed by atoms with van der Waals surface area (Å²) in [4.78, 5) is 59.1. The van der Waals surface area contributed by atoms with Crippen LogP contribution in [0.2, 0.25) is 0 Å². The highest BCUT2D eigenvalue weighted by molar-refractivity contribution is 6.15. The smallest absolute Gasteiger partial charge is 0.389 e. The number of ether oxygens (including phenoxy) is 2. The van der Waals surface area contributed by atoms with Crippen LogP contribution >= 0.6 is 0 Å². The monoisotopic (exact) mass is 797 g/mol. The van der Waals surface area contributed by atoms with E-state index >= 15 is 0 Å². The molecule has 1 aliphatic rings. The first-order chi connectivity index (χ1) is 28.6. The summed E-state index contributed by atoms with van der Waals surface area (Å²) in [5.74, 6) is -1.64. The van der Waals surface area contributed by atoms with E-state index in [1.165, 1.54) is 6.20 Å². The molecule has 0 saturated heterocycles. The second kappa shape index (κ2) is 18.2. The molecular weight excluding hydrogens is 751 g/mol. The van der Waals surface area contributed by atoms with Crippen molar-refractivity contribution in [2.75, 3.05) is 10.6 Å². The van der Waals surface area contributed by atoms with Gasteiger partial charge in [0, 0.05) is 11.4 Å². The predicted molar refractivity (Wildman–Crippen MR) is 224 cm³/mol. The van der Waals surface area contributed by atoms with Gasteiger partial charge in [-0.1, -0.05) is 67.8 Å². The van der Waals surface area contributed by atoms with Crippen molar-refractivity contribution in [2.24, 2.45) is 0 Å². The minimum atomic E-state index is -1.74. The highest BCUT2D eigenvalue weighted by Crippen LogP contribution is 2.34. The minimum Gasteiger partial charge on any atom is -0.488 e. The maximum atomic E-state index is 14.8. The normalized spacial score (nSPS) is 14.0. The maximum absolute atomic E-state index is 14.8. The van der Waals surface area contributed by atoms with Gasteiger partial charge in [-0.25, -0.2) is 4.98 Å². The number of imidazole rings is 1. The lowest BCUT2D eigenvalue weighted by atomic mass is 9.98. The van der Waals surface area contributed by atoms with E-state index in [2.05, 4.69) is 20.7 Å². The zero-order valence-corrected chi connectivity index (χ0v) is 33.3. The van der Waals surface area contributed by atoms with Crippen LogP contribution in [0.4, 0.5) is 17.2 Å². The van der Waals surface area contributed by atoms with Gasteiger partial charge in [-0.05, 0) is 111 Å². The van der Waals surface area contributed by atoms with Crippen molar-refractivity contribution in [3.63, 3.8) is 0 Å². The third-order valence-corrected chi connectivity index (χ3v) is 10.4. The molecule has 304 valence electrons. The number of para-hydroxylation sites is 3. The Kier molecular flexibility index (Phi) is 12.4. The van der Waals surface area contributed by atoms with Crippen LogP contribution in [0.1, 0.15) is 86.1 Å². The number of nitrogens with one attached hydrogen (secondary N) is 2. The molecular formula is C45H47N7O7. The number of rotatable bonds is 16. The molecule has 0 aliphatic heterocycles. The van der Waals surface area contributed by atoms with E-state index in [1.54, 1.807) is 34.9 Å². The number of Topliss-reactive ketones (excluding diaryl/α,β-unsaturated/α-hetero) is 1. The Morgan fingerprint density at radius 3 is 2.36 bits per heavy atom. The highest BCUT2D eigenvalue weighted by Gasteiger charge is 2.38. The average Bonchev–Trinajstić information content (AvgIpc) is 3.88. The number of fused-ring (bicyclic) bond motifs is 1. The van der Waals surface area contributed by atoms with E-state index in [1.807, 2.05) is 81.4 Å². The summed E-state index contributed by atoms with van der Waals surface area (Å²) in [6.45, 7) is 5.98. The Bertz CT molecular complexity index is 2470. The van der Waals surface area contributed by atoms with Gasteiger partial charge < -0.3 is 30.2 Å². The van der Waals surface area contributed by atoms with Crippen LogP contribution in [0, 0.1) is 24.0 Å². The lowest BCUT2D eigenvalue weighted by Gasteiger charge is -2.25. The quantitative estimate of drug-likeness (QED) is 0.0419. The van der Waals surface area contributed by atoms with Gasteiger partial charge in [-0.2, -0.15) is 4.68 Å². The summed E-state index contributed by atoms with van der Waals surface area (Å²) in [6, 6.07) is 26.4. The number of benzene rings is 4. The van der Waals surface area contributed by atoms with Crippen molar-refractivity contribution in [1.82, 2.24) is 19.3 Å². The fourth-order valence-electron chi connectivity index (χ4n) is 7.39. The first-order valence-electron chi connectivity index (χ1n) is 20.0. The highest BCUT2D eigenvalue weighted by atomic mass is 16.6. The van der Waals surface area contributed by atoms with Crippen molar-refractivity contribution < 1.29 is 28.8 Å². The fraction of sp³-hybridized carbons (Fsp3) is 0.311. The molecule has 0 spiro atoms. The molecule has 7 rings (SSSR count). The number of amides is 2. The molecule has 1 fully saturated rings. The summed E-state index contributed by atoms with van der Waals surface area (Å²) in [5, 5.41) is 21.6. The molecule has 14 nitrogen and oxygen atoms in total. The van der Waals surface area contributed by atoms with Gasteiger partial charge >= 0.3 is 5.82 Å². The zero-order chi connectivity index (χ0) is 41.5. The van der Waals surface area contributed by atoms with E-state index in [4.69, 9.17) is 9.47 Å². The molecule has 1 saturated carbocycles. The molecule has 59 heavy (non-hydrogen) atoms. The third-order valence-electron chi connectivity index (χ3n) is 10.4. The largest absolute Gasteiger partial charge is 0.488 e. The Labute approximate surface area is 341 Å². The van der Waals surface area contributed by atoms with Gasteiger partial charge in [0.25, 0.3) is 11.8 Å². The number of aromatic nitrogens is 4. The van der Waals surface area contributed by atoms with E-state index in [0.717, 1.165) is 66.8 Å². The van der Waals surface area contributed by atoms with Crippen molar-refractivity contribution in [1.29, 1.82) is 0 Å². The molecule has 2 unspecified atom stereocenters. The number of hydrogen-bond acceptors (Lipinski definition) is 9. The lowest BCUT2D eigenvalue weighted by molar-refractivity contribution is -0.389. The number of anilines is 2. The Morgan fingerprint density at radius 1 is 0.881 bits per heavy atom. The molecule has 2 amide bonds. The van der Waals surface area contributed by atoms with Crippen molar-refractivity contribution in [3.05, 3.63) is 130 Å². The molecule has 2 aromatic heterocycles. The standard InChI is InChI=1S/C45H47N7O7/c1-4-5-20-39(59-37-23-21-29(2)27-30(37)3)44(54)46-31-22-24-38(58-33-16-10-7-11-17-33)35(28-31)48-45(55)41(50-26-25-40(49-50)52(56)57)42(53)43-47-34-18-12-13-19-36(34)51(43)32-14-8-6-9-15-32/h6,8-9,12-15,18-19,21-28,33,39,41H,4-5,7,10-11,16-17,20H2,1-3H3,(H,46,54)(H,48,55). The van der Waals surface area contributed by atoms with Gasteiger partial charge in [0.2, 0.25) is 11.8 Å². The number of nitrogens with zero attached hydrogens (tertiary/aromatic N) is 5. The molecule has 4 aromatic carbocycles. The van der Waals surface area contributed by atoms with Crippen LogP contribution in [0.15, 0.2) is 103 Å². The summed E-state index contributed by atoms with van der Waals surface area (Å²) in [7, 11) is 0. The van der Waals surface area contributed by atoms with Crippen molar-refractivity contribution in [2.45, 2.75) is 90.4 Å². The molecule has 0 radical (unpaired) electrons. The molecule has 2 heterocycles. The molecule has 6 aromatic rings. The third kappa shape index (κ3) is 9.33. The average molecular weight is 798 g/mol. The van der Waals surface area contributed by atoms with Crippen LogP contribution < -0.4 is 20.1 Å². The lowest BCUT2D eigenvalue weighted by Crippen LogP contribution is -2.35. The summed E-state index contributed by atoms with van der Waals surface area (Å²) >= 11 is 0. The minimum absolute atomic E-state index is 0.0719. The van der Waals surface area contributed by atoms with Crippen LogP contribution in [0.25, 0.3) is 16.7 Å². The first kappa shape index (κ1) is 40.4. The molecule has 0 bridgehead atoms.